The first-order valence-electron chi connectivity index (χ1n) is 5.18. The summed E-state index contributed by atoms with van der Waals surface area (Å²) < 4.78 is 22.6. The zero-order chi connectivity index (χ0) is 13.6. The third-order valence-corrected chi connectivity index (χ3v) is 4.03. The second-order valence-corrected chi connectivity index (χ2v) is 6.35. The summed E-state index contributed by atoms with van der Waals surface area (Å²) in [4.78, 5) is 23.0. The molecule has 7 heteroatoms. The molecule has 0 spiro atoms. The number of urea groups is 1. The Balaban J connectivity index is 2.42. The minimum absolute atomic E-state index is 0.166. The van der Waals surface area contributed by atoms with E-state index in [4.69, 9.17) is 0 Å². The molecule has 6 nitrogen and oxygen atoms in total. The van der Waals surface area contributed by atoms with Gasteiger partial charge in [0, 0.05) is 6.26 Å². The van der Waals surface area contributed by atoms with Crippen LogP contribution in [0.15, 0.2) is 29.2 Å². The van der Waals surface area contributed by atoms with Crippen molar-refractivity contribution in [1.29, 1.82) is 0 Å². The first kappa shape index (κ1) is 12.6. The lowest BCUT2D eigenvalue weighted by molar-refractivity contribution is -0.123. The molecule has 96 valence electrons. The summed E-state index contributed by atoms with van der Waals surface area (Å²) in [7, 11) is -3.28. The van der Waals surface area contributed by atoms with Crippen LogP contribution in [0.2, 0.25) is 0 Å². The van der Waals surface area contributed by atoms with Crippen molar-refractivity contribution in [1.82, 2.24) is 10.6 Å². The third kappa shape index (κ3) is 1.97. The van der Waals surface area contributed by atoms with E-state index in [0.717, 1.165) is 6.26 Å². The monoisotopic (exact) mass is 268 g/mol. The molecule has 2 N–H and O–H groups in total. The van der Waals surface area contributed by atoms with E-state index in [-0.39, 0.29) is 4.90 Å². The third-order valence-electron chi connectivity index (χ3n) is 2.90. The number of hydrogen-bond donors (Lipinski definition) is 2. The summed E-state index contributed by atoms with van der Waals surface area (Å²) in [5.74, 6) is -0.459. The van der Waals surface area contributed by atoms with Crippen LogP contribution in [0.3, 0.4) is 0 Å². The highest BCUT2D eigenvalue weighted by Crippen LogP contribution is 2.25. The molecule has 1 heterocycles. The first-order chi connectivity index (χ1) is 8.23. The van der Waals surface area contributed by atoms with Crippen molar-refractivity contribution < 1.29 is 18.0 Å². The number of nitrogens with one attached hydrogen (secondary N) is 2. The normalized spacial score (nSPS) is 23.7. The average Bonchev–Trinajstić information content (AvgIpc) is 2.53. The molecule has 3 amide bonds. The minimum Gasteiger partial charge on any atom is -0.320 e. The van der Waals surface area contributed by atoms with E-state index in [1.54, 1.807) is 6.92 Å². The molecular weight excluding hydrogens is 256 g/mol. The second kappa shape index (κ2) is 3.81. The van der Waals surface area contributed by atoms with Gasteiger partial charge in [-0.3, -0.25) is 10.1 Å². The molecule has 1 aromatic carbocycles. The van der Waals surface area contributed by atoms with Gasteiger partial charge in [0.2, 0.25) is 0 Å². The molecule has 0 radical (unpaired) electrons. The molecule has 1 aromatic rings. The Hall–Kier alpha value is -1.89. The quantitative estimate of drug-likeness (QED) is 0.746. The molecule has 1 saturated heterocycles. The van der Waals surface area contributed by atoms with Crippen LogP contribution in [0.1, 0.15) is 12.5 Å². The molecule has 0 bridgehead atoms. The molecule has 0 aromatic heterocycles. The Labute approximate surface area is 104 Å². The molecule has 1 atom stereocenters. The number of benzene rings is 1. The maximum Gasteiger partial charge on any atom is 0.322 e. The van der Waals surface area contributed by atoms with Gasteiger partial charge < -0.3 is 5.32 Å². The van der Waals surface area contributed by atoms with Crippen molar-refractivity contribution >= 4 is 21.8 Å². The fourth-order valence-electron chi connectivity index (χ4n) is 1.78. The Bertz CT molecular complexity index is 621. The maximum atomic E-state index is 11.7. The Morgan fingerprint density at radius 2 is 1.67 bits per heavy atom. The summed E-state index contributed by atoms with van der Waals surface area (Å²) in [6, 6.07) is 5.29. The average molecular weight is 268 g/mol. The largest absolute Gasteiger partial charge is 0.322 e. The van der Waals surface area contributed by atoms with Crippen LogP contribution < -0.4 is 10.6 Å². The van der Waals surface area contributed by atoms with Crippen LogP contribution in [-0.4, -0.2) is 26.6 Å². The van der Waals surface area contributed by atoms with Gasteiger partial charge in [-0.15, -0.1) is 0 Å². The molecule has 1 fully saturated rings. The van der Waals surface area contributed by atoms with E-state index in [1.165, 1.54) is 24.3 Å². The van der Waals surface area contributed by atoms with E-state index < -0.39 is 27.3 Å². The smallest absolute Gasteiger partial charge is 0.320 e. The van der Waals surface area contributed by atoms with E-state index in [0.29, 0.717) is 5.56 Å². The number of carbonyl (C=O) groups excluding carboxylic acids is 2. The van der Waals surface area contributed by atoms with Crippen molar-refractivity contribution in [3.63, 3.8) is 0 Å². The minimum atomic E-state index is -3.28. The number of rotatable bonds is 2. The number of sulfone groups is 1. The predicted octanol–water partition coefficient (Wildman–Crippen LogP) is 0.145. The number of hydrogen-bond acceptors (Lipinski definition) is 4. The highest BCUT2D eigenvalue weighted by Gasteiger charge is 2.43. The van der Waals surface area contributed by atoms with Crippen molar-refractivity contribution in [3.05, 3.63) is 29.8 Å². The number of carbonyl (C=O) groups is 2. The van der Waals surface area contributed by atoms with Gasteiger partial charge in [-0.05, 0) is 24.6 Å². The fraction of sp³-hybridized carbons (Fsp3) is 0.273. The van der Waals surface area contributed by atoms with Gasteiger partial charge in [0.15, 0.2) is 9.84 Å². The van der Waals surface area contributed by atoms with E-state index in [1.807, 2.05) is 0 Å². The van der Waals surface area contributed by atoms with Crippen LogP contribution in [0, 0.1) is 0 Å². The second-order valence-electron chi connectivity index (χ2n) is 4.33. The molecule has 18 heavy (non-hydrogen) atoms. The summed E-state index contributed by atoms with van der Waals surface area (Å²) in [6.45, 7) is 1.56. The zero-order valence-corrected chi connectivity index (χ0v) is 10.7. The zero-order valence-electron chi connectivity index (χ0n) is 9.85. The van der Waals surface area contributed by atoms with Gasteiger partial charge in [-0.1, -0.05) is 12.1 Å². The lowest BCUT2D eigenvalue weighted by Gasteiger charge is -2.21. The number of amides is 3. The van der Waals surface area contributed by atoms with E-state index >= 15 is 0 Å². The highest BCUT2D eigenvalue weighted by molar-refractivity contribution is 7.90. The SMILES string of the molecule is CC1(c2ccc(S(C)(=O)=O)cc2)NC(=O)NC1=O. The van der Waals surface area contributed by atoms with Gasteiger partial charge in [0.1, 0.15) is 5.54 Å². The highest BCUT2D eigenvalue weighted by atomic mass is 32.2. The molecule has 1 aliphatic rings. The van der Waals surface area contributed by atoms with Crippen molar-refractivity contribution in [2.75, 3.05) is 6.26 Å². The summed E-state index contributed by atoms with van der Waals surface area (Å²) in [6.07, 6.45) is 1.10. The van der Waals surface area contributed by atoms with Crippen LogP contribution in [0.5, 0.6) is 0 Å². The lowest BCUT2D eigenvalue weighted by atomic mass is 9.92. The van der Waals surface area contributed by atoms with Crippen LogP contribution >= 0.6 is 0 Å². The Morgan fingerprint density at radius 1 is 1.11 bits per heavy atom. The maximum absolute atomic E-state index is 11.7. The van der Waals surface area contributed by atoms with Crippen LogP contribution in [-0.2, 0) is 20.2 Å². The topological polar surface area (TPSA) is 92.3 Å². The van der Waals surface area contributed by atoms with Gasteiger partial charge >= 0.3 is 6.03 Å². The summed E-state index contributed by atoms with van der Waals surface area (Å²) in [5.41, 5.74) is -0.633. The standard InChI is InChI=1S/C11H12N2O4S/c1-11(9(14)12-10(15)13-11)7-3-5-8(6-4-7)18(2,16)17/h3-6H,1-2H3,(H2,12,13,14,15). The Morgan fingerprint density at radius 3 is 2.06 bits per heavy atom. The number of imide groups is 1. The molecule has 1 aliphatic heterocycles. The first-order valence-corrected chi connectivity index (χ1v) is 7.07. The van der Waals surface area contributed by atoms with Crippen LogP contribution in [0.4, 0.5) is 4.79 Å². The lowest BCUT2D eigenvalue weighted by Crippen LogP contribution is -2.40. The summed E-state index contributed by atoms with van der Waals surface area (Å²) >= 11 is 0. The van der Waals surface area contributed by atoms with Crippen molar-refractivity contribution in [2.45, 2.75) is 17.4 Å². The Kier molecular flexibility index (Phi) is 2.66. The fourth-order valence-corrected chi connectivity index (χ4v) is 2.41. The molecule has 0 aliphatic carbocycles. The molecular formula is C11H12N2O4S. The van der Waals surface area contributed by atoms with Gasteiger partial charge in [-0.2, -0.15) is 0 Å². The van der Waals surface area contributed by atoms with Gasteiger partial charge in [0.25, 0.3) is 5.91 Å². The van der Waals surface area contributed by atoms with Crippen LogP contribution in [0.25, 0.3) is 0 Å². The molecule has 0 saturated carbocycles. The van der Waals surface area contributed by atoms with Gasteiger partial charge in [-0.25, -0.2) is 13.2 Å². The van der Waals surface area contributed by atoms with Gasteiger partial charge in [0.05, 0.1) is 4.90 Å². The van der Waals surface area contributed by atoms with E-state index in [2.05, 4.69) is 10.6 Å². The predicted molar refractivity (Wildman–Crippen MR) is 63.6 cm³/mol. The van der Waals surface area contributed by atoms with E-state index in [9.17, 15) is 18.0 Å². The summed E-state index contributed by atoms with van der Waals surface area (Å²) in [5, 5.41) is 4.65. The van der Waals surface area contributed by atoms with Crippen molar-refractivity contribution in [2.24, 2.45) is 0 Å². The molecule has 2 rings (SSSR count). The molecule has 1 unspecified atom stereocenters. The van der Waals surface area contributed by atoms with Crippen molar-refractivity contribution in [3.8, 4) is 0 Å².